The van der Waals surface area contributed by atoms with Crippen molar-refractivity contribution in [2.75, 3.05) is 5.32 Å². The minimum absolute atomic E-state index is 0.297. The van der Waals surface area contributed by atoms with Gasteiger partial charge < -0.3 is 5.32 Å². The summed E-state index contributed by atoms with van der Waals surface area (Å²) in [5.74, 6) is -2.71. The summed E-state index contributed by atoms with van der Waals surface area (Å²) < 4.78 is 38.0. The molecule has 2 aromatic carbocycles. The van der Waals surface area contributed by atoms with E-state index in [1.165, 1.54) is 12.1 Å². The summed E-state index contributed by atoms with van der Waals surface area (Å²) in [7, 11) is 0. The quantitative estimate of drug-likeness (QED) is 0.704. The standard InChI is InChI=1S/C14H11BrF3NS/c15-13-7-10(16)2-1-9(13)8-19-11-3-5-12(6-4-11)20-14(17)18/h1-7,14,19H,8H2. The van der Waals surface area contributed by atoms with Crippen LogP contribution in [0.15, 0.2) is 51.8 Å². The number of hydrogen-bond acceptors (Lipinski definition) is 2. The van der Waals surface area contributed by atoms with Crippen molar-refractivity contribution in [2.24, 2.45) is 0 Å². The van der Waals surface area contributed by atoms with Crippen molar-refractivity contribution < 1.29 is 13.2 Å². The monoisotopic (exact) mass is 361 g/mol. The molecule has 0 fully saturated rings. The lowest BCUT2D eigenvalue weighted by Gasteiger charge is -2.09. The van der Waals surface area contributed by atoms with Crippen LogP contribution < -0.4 is 5.32 Å². The van der Waals surface area contributed by atoms with Gasteiger partial charge in [-0.15, -0.1) is 0 Å². The lowest BCUT2D eigenvalue weighted by Crippen LogP contribution is -2.00. The van der Waals surface area contributed by atoms with Gasteiger partial charge in [-0.2, -0.15) is 8.78 Å². The Balaban J connectivity index is 1.96. The zero-order valence-electron chi connectivity index (χ0n) is 10.2. The Labute approximate surface area is 127 Å². The second kappa shape index (κ2) is 7.04. The average Bonchev–Trinajstić information content (AvgIpc) is 2.39. The largest absolute Gasteiger partial charge is 0.381 e. The van der Waals surface area contributed by atoms with E-state index in [0.29, 0.717) is 27.7 Å². The number of halogens is 4. The molecular weight excluding hydrogens is 351 g/mol. The Kier molecular flexibility index (Phi) is 5.37. The summed E-state index contributed by atoms with van der Waals surface area (Å²) in [6, 6.07) is 11.2. The van der Waals surface area contributed by atoms with Gasteiger partial charge in [0.05, 0.1) is 0 Å². The smallest absolute Gasteiger partial charge is 0.288 e. The first-order valence-corrected chi connectivity index (χ1v) is 7.44. The van der Waals surface area contributed by atoms with Gasteiger partial charge in [0.2, 0.25) is 0 Å². The van der Waals surface area contributed by atoms with Crippen LogP contribution in [0.5, 0.6) is 0 Å². The predicted molar refractivity (Wildman–Crippen MR) is 79.7 cm³/mol. The van der Waals surface area contributed by atoms with E-state index in [1.807, 2.05) is 0 Å². The first-order valence-electron chi connectivity index (χ1n) is 5.77. The van der Waals surface area contributed by atoms with Crippen molar-refractivity contribution >= 4 is 33.4 Å². The van der Waals surface area contributed by atoms with Gasteiger partial charge in [0.15, 0.2) is 0 Å². The van der Waals surface area contributed by atoms with Gasteiger partial charge in [0.25, 0.3) is 5.76 Å². The summed E-state index contributed by atoms with van der Waals surface area (Å²) in [6.07, 6.45) is 0. The molecule has 0 amide bonds. The van der Waals surface area contributed by atoms with Crippen molar-refractivity contribution in [3.63, 3.8) is 0 Å². The van der Waals surface area contributed by atoms with E-state index in [2.05, 4.69) is 21.2 Å². The minimum Gasteiger partial charge on any atom is -0.381 e. The third-order valence-corrected chi connectivity index (χ3v) is 4.04. The SMILES string of the molecule is Fc1ccc(CNc2ccc(SC(F)F)cc2)c(Br)c1. The molecular formula is C14H11BrF3NS. The van der Waals surface area contributed by atoms with E-state index in [9.17, 15) is 13.2 Å². The molecule has 1 N–H and O–H groups in total. The zero-order valence-corrected chi connectivity index (χ0v) is 12.6. The zero-order chi connectivity index (χ0) is 14.5. The maximum atomic E-state index is 12.9. The van der Waals surface area contributed by atoms with Crippen LogP contribution in [0.3, 0.4) is 0 Å². The topological polar surface area (TPSA) is 12.0 Å². The van der Waals surface area contributed by atoms with E-state index in [-0.39, 0.29) is 5.82 Å². The molecule has 0 saturated carbocycles. The van der Waals surface area contributed by atoms with Crippen LogP contribution in [0.1, 0.15) is 5.56 Å². The van der Waals surface area contributed by atoms with Gasteiger partial charge in [-0.25, -0.2) is 4.39 Å². The molecule has 1 nitrogen and oxygen atoms in total. The number of hydrogen-bond donors (Lipinski definition) is 1. The summed E-state index contributed by atoms with van der Waals surface area (Å²) in [5.41, 5.74) is 1.73. The first-order chi connectivity index (χ1) is 9.54. The van der Waals surface area contributed by atoms with E-state index >= 15 is 0 Å². The Bertz CT molecular complexity index is 575. The Morgan fingerprint density at radius 2 is 1.80 bits per heavy atom. The van der Waals surface area contributed by atoms with E-state index in [0.717, 1.165) is 11.3 Å². The summed E-state index contributed by atoms with van der Waals surface area (Å²) >= 11 is 3.81. The number of anilines is 1. The third-order valence-electron chi connectivity index (χ3n) is 2.58. The lowest BCUT2D eigenvalue weighted by molar-refractivity contribution is 0.252. The summed E-state index contributed by atoms with van der Waals surface area (Å²) in [5, 5.41) is 3.15. The van der Waals surface area contributed by atoms with Gasteiger partial charge in [-0.3, -0.25) is 0 Å². The fourth-order valence-electron chi connectivity index (χ4n) is 1.62. The van der Waals surface area contributed by atoms with E-state index in [1.54, 1.807) is 30.3 Å². The van der Waals surface area contributed by atoms with E-state index < -0.39 is 5.76 Å². The maximum absolute atomic E-state index is 12.9. The number of benzene rings is 2. The second-order valence-corrected chi connectivity index (χ2v) is 5.91. The van der Waals surface area contributed by atoms with Crippen LogP contribution in [0.25, 0.3) is 0 Å². The van der Waals surface area contributed by atoms with Crippen LogP contribution in [0.4, 0.5) is 18.9 Å². The van der Waals surface area contributed by atoms with Crippen molar-refractivity contribution in [3.8, 4) is 0 Å². The highest BCUT2D eigenvalue weighted by Crippen LogP contribution is 2.26. The van der Waals surface area contributed by atoms with Crippen LogP contribution >= 0.6 is 27.7 Å². The van der Waals surface area contributed by atoms with Gasteiger partial charge in [0.1, 0.15) is 5.82 Å². The molecule has 2 rings (SSSR count). The van der Waals surface area contributed by atoms with Crippen LogP contribution in [0, 0.1) is 5.82 Å². The van der Waals surface area contributed by atoms with Crippen LogP contribution in [0.2, 0.25) is 0 Å². The molecule has 0 aromatic heterocycles. The molecule has 0 aliphatic carbocycles. The molecule has 2 aromatic rings. The maximum Gasteiger partial charge on any atom is 0.288 e. The third kappa shape index (κ3) is 4.45. The van der Waals surface area contributed by atoms with Gasteiger partial charge >= 0.3 is 0 Å². The minimum atomic E-state index is -2.41. The number of rotatable bonds is 5. The molecule has 0 aliphatic heterocycles. The normalized spacial score (nSPS) is 10.8. The second-order valence-electron chi connectivity index (χ2n) is 3.99. The molecule has 0 radical (unpaired) electrons. The fourth-order valence-corrected chi connectivity index (χ4v) is 2.61. The molecule has 106 valence electrons. The van der Waals surface area contributed by atoms with Gasteiger partial charge in [0, 0.05) is 21.6 Å². The molecule has 0 atom stereocenters. The molecule has 0 unspecified atom stereocenters. The summed E-state index contributed by atoms with van der Waals surface area (Å²) in [4.78, 5) is 0.522. The average molecular weight is 362 g/mol. The molecule has 20 heavy (non-hydrogen) atoms. The van der Waals surface area contributed by atoms with Crippen molar-refractivity contribution in [3.05, 3.63) is 58.3 Å². The highest BCUT2D eigenvalue weighted by Gasteiger charge is 2.05. The summed E-state index contributed by atoms with van der Waals surface area (Å²) in [6.45, 7) is 0.516. The molecule has 0 heterocycles. The fraction of sp³-hybridized carbons (Fsp3) is 0.143. The first kappa shape index (κ1) is 15.3. The van der Waals surface area contributed by atoms with Crippen LogP contribution in [-0.2, 0) is 6.54 Å². The molecule has 0 bridgehead atoms. The molecule has 0 saturated heterocycles. The Morgan fingerprint density at radius 3 is 2.40 bits per heavy atom. The van der Waals surface area contributed by atoms with Crippen LogP contribution in [-0.4, -0.2) is 5.76 Å². The van der Waals surface area contributed by atoms with Gasteiger partial charge in [-0.05, 0) is 42.0 Å². The Morgan fingerprint density at radius 1 is 1.10 bits per heavy atom. The Hall–Kier alpha value is -1.14. The van der Waals surface area contributed by atoms with Crippen molar-refractivity contribution in [1.29, 1.82) is 0 Å². The van der Waals surface area contributed by atoms with E-state index in [4.69, 9.17) is 0 Å². The number of thioether (sulfide) groups is 1. The van der Waals surface area contributed by atoms with Crippen molar-refractivity contribution in [2.45, 2.75) is 17.2 Å². The lowest BCUT2D eigenvalue weighted by atomic mass is 10.2. The van der Waals surface area contributed by atoms with Gasteiger partial charge in [-0.1, -0.05) is 33.8 Å². The van der Waals surface area contributed by atoms with Crippen molar-refractivity contribution in [1.82, 2.24) is 0 Å². The number of nitrogens with one attached hydrogen (secondary N) is 1. The molecule has 0 spiro atoms. The predicted octanol–water partition coefficient (Wildman–Crippen LogP) is 5.52. The molecule has 0 aliphatic rings. The highest BCUT2D eigenvalue weighted by atomic mass is 79.9. The number of alkyl halides is 2. The molecule has 6 heteroatoms. The highest BCUT2D eigenvalue weighted by molar-refractivity contribution is 9.10.